The molecule has 116 valence electrons. The molecule has 0 atom stereocenters. The third-order valence-electron chi connectivity index (χ3n) is 3.95. The summed E-state index contributed by atoms with van der Waals surface area (Å²) in [6.07, 6.45) is 3.53. The van der Waals surface area contributed by atoms with E-state index in [-0.39, 0.29) is 11.9 Å². The fraction of sp³-hybridized carbons (Fsp3) is 0.235. The summed E-state index contributed by atoms with van der Waals surface area (Å²) in [5.74, 6) is 0.273. The first-order chi connectivity index (χ1) is 11.2. The smallest absolute Gasteiger partial charge is 0.244 e. The molecule has 0 amide bonds. The average molecular weight is 421 g/mol. The highest BCUT2D eigenvalue weighted by atomic mass is 127. The summed E-state index contributed by atoms with van der Waals surface area (Å²) < 4.78 is 19.7. The Morgan fingerprint density at radius 1 is 1.00 bits per heavy atom. The van der Waals surface area contributed by atoms with Crippen molar-refractivity contribution in [3.63, 3.8) is 0 Å². The summed E-state index contributed by atoms with van der Waals surface area (Å²) in [6, 6.07) is 10.1. The average Bonchev–Trinajstić information content (AvgIpc) is 2.51. The van der Waals surface area contributed by atoms with Crippen LogP contribution in [0.3, 0.4) is 0 Å². The third-order valence-corrected chi connectivity index (χ3v) is 4.44. The Labute approximate surface area is 146 Å². The summed E-state index contributed by atoms with van der Waals surface area (Å²) in [5, 5.41) is 0. The lowest BCUT2D eigenvalue weighted by Gasteiger charge is -2.26. The van der Waals surface area contributed by atoms with Gasteiger partial charge in [0.15, 0.2) is 9.35 Å². The highest BCUT2D eigenvalue weighted by Crippen LogP contribution is 2.30. The van der Waals surface area contributed by atoms with Crippen LogP contribution in [-0.2, 0) is 0 Å². The fourth-order valence-corrected chi connectivity index (χ4v) is 2.95. The van der Waals surface area contributed by atoms with Crippen LogP contribution in [0.1, 0.15) is 19.3 Å². The highest BCUT2D eigenvalue weighted by Gasteiger charge is 2.22. The van der Waals surface area contributed by atoms with Gasteiger partial charge in [0.25, 0.3) is 0 Å². The van der Waals surface area contributed by atoms with Crippen molar-refractivity contribution < 1.29 is 9.13 Å². The molecule has 1 aliphatic rings. The SMILES string of the molecule is Fc1ccc(-c2ccc3nc(I)nc(OC4CCC4)c3n2)cc1. The van der Waals surface area contributed by atoms with Crippen LogP contribution in [0.4, 0.5) is 4.39 Å². The summed E-state index contributed by atoms with van der Waals surface area (Å²) in [4.78, 5) is 13.5. The summed E-state index contributed by atoms with van der Waals surface area (Å²) in [5.41, 5.74) is 3.01. The molecule has 0 N–H and O–H groups in total. The van der Waals surface area contributed by atoms with E-state index in [1.807, 2.05) is 12.1 Å². The number of ether oxygens (including phenoxy) is 1. The van der Waals surface area contributed by atoms with Gasteiger partial charge in [-0.05, 0) is 55.7 Å². The zero-order valence-electron chi connectivity index (χ0n) is 12.2. The van der Waals surface area contributed by atoms with Crippen molar-refractivity contribution in [1.29, 1.82) is 0 Å². The lowest BCUT2D eigenvalue weighted by Crippen LogP contribution is -2.25. The van der Waals surface area contributed by atoms with Crippen LogP contribution >= 0.6 is 22.6 Å². The molecule has 1 fully saturated rings. The number of hydrogen-bond donors (Lipinski definition) is 0. The van der Waals surface area contributed by atoms with Gasteiger partial charge in [0.05, 0.1) is 11.2 Å². The van der Waals surface area contributed by atoms with Gasteiger partial charge in [-0.25, -0.2) is 14.4 Å². The van der Waals surface area contributed by atoms with Gasteiger partial charge in [-0.3, -0.25) is 0 Å². The molecule has 0 unspecified atom stereocenters. The van der Waals surface area contributed by atoms with Crippen molar-refractivity contribution >= 4 is 33.6 Å². The normalized spacial score (nSPS) is 14.7. The van der Waals surface area contributed by atoms with E-state index in [4.69, 9.17) is 4.74 Å². The Morgan fingerprint density at radius 2 is 1.78 bits per heavy atom. The van der Waals surface area contributed by atoms with Gasteiger partial charge in [-0.15, -0.1) is 0 Å². The molecule has 1 aliphatic carbocycles. The number of nitrogens with zero attached hydrogens (tertiary/aromatic N) is 3. The molecule has 4 nitrogen and oxygen atoms in total. The Balaban J connectivity index is 1.80. The van der Waals surface area contributed by atoms with E-state index in [0.29, 0.717) is 15.2 Å². The maximum absolute atomic E-state index is 13.1. The van der Waals surface area contributed by atoms with Crippen molar-refractivity contribution in [2.45, 2.75) is 25.4 Å². The maximum atomic E-state index is 13.1. The van der Waals surface area contributed by atoms with Crippen LogP contribution in [0.15, 0.2) is 36.4 Å². The van der Waals surface area contributed by atoms with Crippen molar-refractivity contribution in [3.8, 4) is 17.1 Å². The van der Waals surface area contributed by atoms with E-state index in [1.165, 1.54) is 18.6 Å². The van der Waals surface area contributed by atoms with Crippen LogP contribution < -0.4 is 4.74 Å². The van der Waals surface area contributed by atoms with Crippen LogP contribution in [0.25, 0.3) is 22.3 Å². The quantitative estimate of drug-likeness (QED) is 0.466. The minimum absolute atomic E-state index is 0.222. The number of halogens is 2. The molecule has 2 heterocycles. The Bertz CT molecular complexity index is 866. The number of benzene rings is 1. The minimum atomic E-state index is -0.263. The molecule has 0 radical (unpaired) electrons. The van der Waals surface area contributed by atoms with Crippen molar-refractivity contribution in [3.05, 3.63) is 46.0 Å². The fourth-order valence-electron chi connectivity index (χ4n) is 2.47. The van der Waals surface area contributed by atoms with E-state index in [1.54, 1.807) is 12.1 Å². The molecular weight excluding hydrogens is 408 g/mol. The second-order valence-electron chi connectivity index (χ2n) is 5.54. The van der Waals surface area contributed by atoms with Crippen molar-refractivity contribution in [2.24, 2.45) is 0 Å². The van der Waals surface area contributed by atoms with Gasteiger partial charge in [0.2, 0.25) is 5.88 Å². The van der Waals surface area contributed by atoms with E-state index >= 15 is 0 Å². The molecule has 4 rings (SSSR count). The van der Waals surface area contributed by atoms with Crippen molar-refractivity contribution in [1.82, 2.24) is 15.0 Å². The van der Waals surface area contributed by atoms with Crippen LogP contribution in [0.5, 0.6) is 5.88 Å². The maximum Gasteiger partial charge on any atom is 0.244 e. The molecule has 2 aromatic heterocycles. The number of pyridine rings is 1. The topological polar surface area (TPSA) is 47.9 Å². The van der Waals surface area contributed by atoms with Crippen LogP contribution in [-0.4, -0.2) is 21.1 Å². The second-order valence-corrected chi connectivity index (χ2v) is 6.50. The molecule has 0 bridgehead atoms. The first-order valence-corrected chi connectivity index (χ1v) is 8.54. The number of aromatic nitrogens is 3. The third kappa shape index (κ3) is 2.99. The van der Waals surface area contributed by atoms with E-state index in [9.17, 15) is 4.39 Å². The first kappa shape index (κ1) is 14.7. The standard InChI is InChI=1S/C17H13FIN3O/c18-11-6-4-10(5-7-11)13-8-9-14-15(20-13)16(22-17(19)21-14)23-12-2-1-3-12/h4-9,12H,1-3H2. The summed E-state index contributed by atoms with van der Waals surface area (Å²) in [6.45, 7) is 0. The Morgan fingerprint density at radius 3 is 2.48 bits per heavy atom. The molecule has 23 heavy (non-hydrogen) atoms. The zero-order chi connectivity index (χ0) is 15.8. The van der Waals surface area contributed by atoms with E-state index in [2.05, 4.69) is 37.5 Å². The second kappa shape index (κ2) is 5.99. The predicted molar refractivity (Wildman–Crippen MR) is 93.7 cm³/mol. The van der Waals surface area contributed by atoms with Gasteiger partial charge in [-0.1, -0.05) is 0 Å². The van der Waals surface area contributed by atoms with Gasteiger partial charge < -0.3 is 4.74 Å². The summed E-state index contributed by atoms with van der Waals surface area (Å²) in [7, 11) is 0. The number of rotatable bonds is 3. The molecule has 0 spiro atoms. The summed E-state index contributed by atoms with van der Waals surface area (Å²) >= 11 is 2.08. The van der Waals surface area contributed by atoms with Gasteiger partial charge in [-0.2, -0.15) is 4.98 Å². The first-order valence-electron chi connectivity index (χ1n) is 7.46. The molecule has 1 saturated carbocycles. The number of hydrogen-bond acceptors (Lipinski definition) is 4. The van der Waals surface area contributed by atoms with E-state index in [0.717, 1.165) is 29.6 Å². The van der Waals surface area contributed by atoms with E-state index < -0.39 is 0 Å². The van der Waals surface area contributed by atoms with Gasteiger partial charge in [0.1, 0.15) is 11.9 Å². The van der Waals surface area contributed by atoms with Crippen LogP contribution in [0.2, 0.25) is 0 Å². The highest BCUT2D eigenvalue weighted by molar-refractivity contribution is 14.1. The van der Waals surface area contributed by atoms with Gasteiger partial charge in [0, 0.05) is 28.2 Å². The number of fused-ring (bicyclic) bond motifs is 1. The largest absolute Gasteiger partial charge is 0.473 e. The van der Waals surface area contributed by atoms with Gasteiger partial charge >= 0.3 is 0 Å². The molecule has 6 heteroatoms. The minimum Gasteiger partial charge on any atom is -0.473 e. The van der Waals surface area contributed by atoms with Crippen molar-refractivity contribution in [2.75, 3.05) is 0 Å². The zero-order valence-corrected chi connectivity index (χ0v) is 14.3. The molecule has 3 aromatic rings. The van der Waals surface area contributed by atoms with Crippen LogP contribution in [0, 0.1) is 9.65 Å². The lowest BCUT2D eigenvalue weighted by molar-refractivity contribution is 0.116. The lowest BCUT2D eigenvalue weighted by atomic mass is 9.96. The molecular formula is C17H13FIN3O. The monoisotopic (exact) mass is 421 g/mol. The predicted octanol–water partition coefficient (Wildman–Crippen LogP) is 4.37. The molecule has 1 aromatic carbocycles. The Hall–Kier alpha value is -1.83. The molecule has 0 aliphatic heterocycles. The molecule has 0 saturated heterocycles. The Kier molecular flexibility index (Phi) is 3.84.